The summed E-state index contributed by atoms with van der Waals surface area (Å²) in [5.74, 6) is 0. The molecule has 9 heavy (non-hydrogen) atoms. The number of hydrogen-bond donors (Lipinski definition) is 0. The first-order chi connectivity index (χ1) is 4.33. The molecule has 0 unspecified atom stereocenters. The fraction of sp³-hybridized carbons (Fsp3) is 0.714. The van der Waals surface area contributed by atoms with Crippen molar-refractivity contribution in [2.24, 2.45) is 5.41 Å². The first-order valence-corrected chi connectivity index (χ1v) is 3.14. The van der Waals surface area contributed by atoms with Crippen LogP contribution in [0.4, 0.5) is 0 Å². The zero-order valence-corrected chi connectivity index (χ0v) is 5.26. The highest BCUT2D eigenvalue weighted by molar-refractivity contribution is 5.51. The Balaban J connectivity index is 2.35. The summed E-state index contributed by atoms with van der Waals surface area (Å²) in [5.41, 5.74) is 0.122. The summed E-state index contributed by atoms with van der Waals surface area (Å²) >= 11 is 0. The maximum absolute atomic E-state index is 10.0. The Bertz CT molecular complexity index is 153. The van der Waals surface area contributed by atoms with E-state index in [2.05, 4.69) is 6.07 Å². The molecule has 0 radical (unpaired) electrons. The van der Waals surface area contributed by atoms with Crippen LogP contribution >= 0.6 is 0 Å². The van der Waals surface area contributed by atoms with E-state index in [1.807, 2.05) is 0 Å². The van der Waals surface area contributed by atoms with E-state index in [9.17, 15) is 4.79 Å². The van der Waals surface area contributed by atoms with Gasteiger partial charge in [-0.25, -0.2) is 0 Å². The summed E-state index contributed by atoms with van der Waals surface area (Å²) in [6.07, 6.45) is 4.20. The van der Waals surface area contributed by atoms with Crippen molar-refractivity contribution >= 4 is 6.29 Å². The van der Waals surface area contributed by atoms with E-state index in [1.165, 1.54) is 0 Å². The number of nitrogens with zero attached hydrogens (tertiary/aromatic N) is 1. The number of nitriles is 1. The quantitative estimate of drug-likeness (QED) is 0.530. The van der Waals surface area contributed by atoms with Gasteiger partial charge in [0.05, 0.1) is 6.07 Å². The Morgan fingerprint density at radius 3 is 2.67 bits per heavy atom. The van der Waals surface area contributed by atoms with Crippen molar-refractivity contribution in [2.75, 3.05) is 0 Å². The van der Waals surface area contributed by atoms with Crippen molar-refractivity contribution in [1.82, 2.24) is 0 Å². The van der Waals surface area contributed by atoms with E-state index in [1.54, 1.807) is 0 Å². The fourth-order valence-corrected chi connectivity index (χ4v) is 0.974. The van der Waals surface area contributed by atoms with E-state index in [4.69, 9.17) is 5.26 Å². The molecule has 0 atom stereocenters. The highest BCUT2D eigenvalue weighted by atomic mass is 16.1. The molecule has 1 aliphatic rings. The number of hydrogen-bond acceptors (Lipinski definition) is 2. The standard InChI is InChI=1S/C7H9NO/c8-5-3-7(1-2-7)4-6-9/h6H,1-4H2. The second kappa shape index (κ2) is 2.18. The van der Waals surface area contributed by atoms with Gasteiger partial charge in [-0.1, -0.05) is 0 Å². The second-order valence-electron chi connectivity index (χ2n) is 2.71. The summed E-state index contributed by atoms with van der Waals surface area (Å²) in [6, 6.07) is 2.10. The number of carbonyl (C=O) groups is 1. The predicted molar refractivity (Wildman–Crippen MR) is 32.6 cm³/mol. The van der Waals surface area contributed by atoms with Crippen LogP contribution in [0.1, 0.15) is 25.7 Å². The maximum Gasteiger partial charge on any atom is 0.120 e. The van der Waals surface area contributed by atoms with Crippen molar-refractivity contribution in [3.8, 4) is 6.07 Å². The lowest BCUT2D eigenvalue weighted by atomic mass is 10.0. The third-order valence-electron chi connectivity index (χ3n) is 1.93. The Hall–Kier alpha value is -0.840. The van der Waals surface area contributed by atoms with Crippen molar-refractivity contribution < 1.29 is 4.79 Å². The van der Waals surface area contributed by atoms with Crippen LogP contribution < -0.4 is 0 Å². The van der Waals surface area contributed by atoms with Crippen LogP contribution in [0.15, 0.2) is 0 Å². The van der Waals surface area contributed by atoms with Gasteiger partial charge in [0.1, 0.15) is 6.29 Å². The lowest BCUT2D eigenvalue weighted by molar-refractivity contribution is -0.108. The Labute approximate surface area is 54.5 Å². The minimum Gasteiger partial charge on any atom is -0.303 e. The normalized spacial score (nSPS) is 20.3. The van der Waals surface area contributed by atoms with Gasteiger partial charge in [-0.15, -0.1) is 0 Å². The molecule has 1 rings (SSSR count). The molecule has 2 heteroatoms. The van der Waals surface area contributed by atoms with E-state index in [-0.39, 0.29) is 5.41 Å². The largest absolute Gasteiger partial charge is 0.303 e. The van der Waals surface area contributed by atoms with E-state index in [0.717, 1.165) is 19.1 Å². The lowest BCUT2D eigenvalue weighted by Gasteiger charge is -2.01. The van der Waals surface area contributed by atoms with Gasteiger partial charge >= 0.3 is 0 Å². The van der Waals surface area contributed by atoms with E-state index < -0.39 is 0 Å². The molecule has 1 saturated carbocycles. The van der Waals surface area contributed by atoms with Gasteiger partial charge < -0.3 is 4.79 Å². The highest BCUT2D eigenvalue weighted by Gasteiger charge is 2.41. The fourth-order valence-electron chi connectivity index (χ4n) is 0.974. The number of aldehydes is 1. The third-order valence-corrected chi connectivity index (χ3v) is 1.93. The van der Waals surface area contributed by atoms with Crippen LogP contribution in [-0.4, -0.2) is 6.29 Å². The van der Waals surface area contributed by atoms with Gasteiger partial charge in [0.15, 0.2) is 0 Å². The van der Waals surface area contributed by atoms with Gasteiger partial charge in [-0.05, 0) is 18.3 Å². The summed E-state index contributed by atoms with van der Waals surface area (Å²) in [5, 5.41) is 8.30. The summed E-state index contributed by atoms with van der Waals surface area (Å²) < 4.78 is 0. The van der Waals surface area contributed by atoms with Crippen LogP contribution in [0.5, 0.6) is 0 Å². The summed E-state index contributed by atoms with van der Waals surface area (Å²) in [7, 11) is 0. The summed E-state index contributed by atoms with van der Waals surface area (Å²) in [4.78, 5) is 10.0. The molecule has 0 saturated heterocycles. The average Bonchev–Trinajstić information content (AvgIpc) is 2.51. The smallest absolute Gasteiger partial charge is 0.120 e. The maximum atomic E-state index is 10.0. The first kappa shape index (κ1) is 6.28. The Morgan fingerprint density at radius 1 is 1.67 bits per heavy atom. The van der Waals surface area contributed by atoms with E-state index in [0.29, 0.717) is 12.8 Å². The summed E-state index contributed by atoms with van der Waals surface area (Å²) in [6.45, 7) is 0. The van der Waals surface area contributed by atoms with E-state index >= 15 is 0 Å². The average molecular weight is 123 g/mol. The van der Waals surface area contributed by atoms with Crippen molar-refractivity contribution in [3.05, 3.63) is 0 Å². The van der Waals surface area contributed by atoms with Crippen LogP contribution in [0.25, 0.3) is 0 Å². The minimum absolute atomic E-state index is 0.122. The molecule has 0 aromatic rings. The zero-order chi connectivity index (χ0) is 6.74. The molecule has 0 aromatic carbocycles. The monoisotopic (exact) mass is 123 g/mol. The zero-order valence-electron chi connectivity index (χ0n) is 5.26. The topological polar surface area (TPSA) is 40.9 Å². The number of carbonyl (C=O) groups excluding carboxylic acids is 1. The number of rotatable bonds is 3. The molecular formula is C7H9NO. The molecule has 48 valence electrons. The first-order valence-electron chi connectivity index (χ1n) is 3.14. The van der Waals surface area contributed by atoms with Gasteiger partial charge in [-0.3, -0.25) is 0 Å². The molecule has 1 aliphatic carbocycles. The molecule has 0 aliphatic heterocycles. The third kappa shape index (κ3) is 1.29. The lowest BCUT2D eigenvalue weighted by Crippen LogP contribution is -1.98. The van der Waals surface area contributed by atoms with Gasteiger partial charge in [0.2, 0.25) is 0 Å². The van der Waals surface area contributed by atoms with Crippen LogP contribution in [-0.2, 0) is 4.79 Å². The van der Waals surface area contributed by atoms with Gasteiger partial charge in [-0.2, -0.15) is 5.26 Å². The second-order valence-corrected chi connectivity index (χ2v) is 2.71. The van der Waals surface area contributed by atoms with Crippen LogP contribution in [0.3, 0.4) is 0 Å². The molecule has 0 aromatic heterocycles. The molecule has 0 bridgehead atoms. The van der Waals surface area contributed by atoms with Crippen molar-refractivity contribution in [1.29, 1.82) is 5.26 Å². The van der Waals surface area contributed by atoms with Crippen molar-refractivity contribution in [2.45, 2.75) is 25.7 Å². The molecule has 2 nitrogen and oxygen atoms in total. The Kier molecular flexibility index (Phi) is 1.52. The van der Waals surface area contributed by atoms with Crippen LogP contribution in [0, 0.1) is 16.7 Å². The highest BCUT2D eigenvalue weighted by Crippen LogP contribution is 2.50. The molecule has 0 spiro atoms. The minimum atomic E-state index is 0.122. The molecule has 0 N–H and O–H groups in total. The predicted octanol–water partition coefficient (Wildman–Crippen LogP) is 1.27. The Morgan fingerprint density at radius 2 is 2.33 bits per heavy atom. The molecule has 0 heterocycles. The molecule has 1 fully saturated rings. The molecular weight excluding hydrogens is 114 g/mol. The van der Waals surface area contributed by atoms with Gasteiger partial charge in [0.25, 0.3) is 0 Å². The molecule has 0 amide bonds. The SMILES string of the molecule is N#CCC1(CC=O)CC1. The van der Waals surface area contributed by atoms with Crippen LogP contribution in [0.2, 0.25) is 0 Å². The van der Waals surface area contributed by atoms with Crippen molar-refractivity contribution in [3.63, 3.8) is 0 Å². The van der Waals surface area contributed by atoms with Gasteiger partial charge in [0, 0.05) is 12.8 Å².